The van der Waals surface area contributed by atoms with E-state index in [1.54, 1.807) is 0 Å². The summed E-state index contributed by atoms with van der Waals surface area (Å²) in [5.41, 5.74) is 0. The molecule has 0 radical (unpaired) electrons. The third-order valence-electron chi connectivity index (χ3n) is 3.80. The van der Waals surface area contributed by atoms with Crippen LogP contribution in [0.5, 0.6) is 0 Å². The van der Waals surface area contributed by atoms with E-state index in [9.17, 15) is 9.90 Å². The Balaban J connectivity index is 2.02. The van der Waals surface area contributed by atoms with E-state index < -0.39 is 0 Å². The fourth-order valence-electron chi connectivity index (χ4n) is 2.14. The number of piperidine rings is 1. The minimum absolute atomic E-state index is 0.102. The number of nitrogens with zero attached hydrogens (tertiary/aromatic N) is 2. The molecule has 1 rings (SSSR count). The number of nitrogens with one attached hydrogen (secondary N) is 1. The molecule has 0 spiro atoms. The van der Waals surface area contributed by atoms with Crippen molar-refractivity contribution >= 4 is 5.91 Å². The first-order valence-electron chi connectivity index (χ1n) is 7.36. The van der Waals surface area contributed by atoms with Crippen molar-refractivity contribution in [3.63, 3.8) is 0 Å². The van der Waals surface area contributed by atoms with Crippen molar-refractivity contribution in [2.45, 2.75) is 45.3 Å². The molecule has 2 N–H and O–H groups in total. The molecular weight excluding hydrogens is 242 g/mol. The monoisotopic (exact) mass is 271 g/mol. The molecule has 0 unspecified atom stereocenters. The van der Waals surface area contributed by atoms with E-state index in [1.165, 1.54) is 0 Å². The standard InChI is InChI=1S/C14H29N3O2/c1-12(2)16(3)11-14(19)15-7-4-8-17-9-5-13(18)6-10-17/h12-13,18H,4-11H2,1-3H3,(H,15,19). The van der Waals surface area contributed by atoms with Crippen LogP contribution in [0.2, 0.25) is 0 Å². The molecule has 0 aromatic rings. The van der Waals surface area contributed by atoms with Gasteiger partial charge >= 0.3 is 0 Å². The second-order valence-corrected chi connectivity index (χ2v) is 5.79. The summed E-state index contributed by atoms with van der Waals surface area (Å²) in [4.78, 5) is 16.0. The second kappa shape index (κ2) is 8.51. The number of likely N-dealkylation sites (tertiary alicyclic amines) is 1. The molecule has 1 heterocycles. The van der Waals surface area contributed by atoms with E-state index in [0.717, 1.165) is 45.4 Å². The normalized spacial score (nSPS) is 18.2. The summed E-state index contributed by atoms with van der Waals surface area (Å²) in [6.45, 7) is 8.33. The van der Waals surface area contributed by atoms with Crippen LogP contribution in [-0.2, 0) is 4.79 Å². The van der Waals surface area contributed by atoms with E-state index in [2.05, 4.69) is 24.1 Å². The fraction of sp³-hybridized carbons (Fsp3) is 0.929. The van der Waals surface area contributed by atoms with E-state index in [0.29, 0.717) is 12.6 Å². The van der Waals surface area contributed by atoms with Crippen LogP contribution in [0.1, 0.15) is 33.1 Å². The summed E-state index contributed by atoms with van der Waals surface area (Å²) in [5.74, 6) is 0.102. The number of aliphatic hydroxyl groups is 1. The van der Waals surface area contributed by atoms with Crippen LogP contribution < -0.4 is 5.32 Å². The van der Waals surface area contributed by atoms with Gasteiger partial charge in [-0.05, 0) is 46.7 Å². The van der Waals surface area contributed by atoms with Gasteiger partial charge in [0.15, 0.2) is 0 Å². The van der Waals surface area contributed by atoms with Gasteiger partial charge < -0.3 is 15.3 Å². The highest BCUT2D eigenvalue weighted by Gasteiger charge is 2.16. The van der Waals surface area contributed by atoms with Gasteiger partial charge in [-0.15, -0.1) is 0 Å². The van der Waals surface area contributed by atoms with Crippen molar-refractivity contribution < 1.29 is 9.90 Å². The first kappa shape index (κ1) is 16.4. The van der Waals surface area contributed by atoms with Crippen molar-refractivity contribution in [3.05, 3.63) is 0 Å². The minimum atomic E-state index is -0.109. The lowest BCUT2D eigenvalue weighted by Crippen LogP contribution is -2.40. The first-order valence-corrected chi connectivity index (χ1v) is 7.36. The number of likely N-dealkylation sites (N-methyl/N-ethyl adjacent to an activating group) is 1. The number of hydrogen-bond acceptors (Lipinski definition) is 4. The Hall–Kier alpha value is -0.650. The predicted molar refractivity (Wildman–Crippen MR) is 77.1 cm³/mol. The summed E-state index contributed by atoms with van der Waals surface area (Å²) in [6, 6.07) is 0.394. The zero-order valence-electron chi connectivity index (χ0n) is 12.6. The molecule has 5 nitrogen and oxygen atoms in total. The number of rotatable bonds is 7. The summed E-state index contributed by atoms with van der Waals surface area (Å²) in [6.07, 6.45) is 2.63. The second-order valence-electron chi connectivity index (χ2n) is 5.79. The van der Waals surface area contributed by atoms with Crippen LogP contribution in [0.3, 0.4) is 0 Å². The van der Waals surface area contributed by atoms with E-state index in [4.69, 9.17) is 0 Å². The summed E-state index contributed by atoms with van der Waals surface area (Å²) >= 11 is 0. The number of amides is 1. The fourth-order valence-corrected chi connectivity index (χ4v) is 2.14. The molecule has 1 fully saturated rings. The van der Waals surface area contributed by atoms with Gasteiger partial charge in [0.05, 0.1) is 12.6 Å². The molecule has 1 saturated heterocycles. The Labute approximate surface area is 117 Å². The van der Waals surface area contributed by atoms with Gasteiger partial charge in [0.2, 0.25) is 5.91 Å². The highest BCUT2D eigenvalue weighted by atomic mass is 16.3. The molecule has 0 aliphatic carbocycles. The Bertz CT molecular complexity index is 263. The predicted octanol–water partition coefficient (Wildman–Crippen LogP) is 0.290. The lowest BCUT2D eigenvalue weighted by atomic mass is 10.1. The van der Waals surface area contributed by atoms with E-state index in [-0.39, 0.29) is 12.0 Å². The third kappa shape index (κ3) is 6.89. The minimum Gasteiger partial charge on any atom is -0.393 e. The maximum absolute atomic E-state index is 11.7. The third-order valence-corrected chi connectivity index (χ3v) is 3.80. The van der Waals surface area contributed by atoms with Crippen molar-refractivity contribution in [2.75, 3.05) is 39.8 Å². The summed E-state index contributed by atoms with van der Waals surface area (Å²) < 4.78 is 0. The molecule has 1 aliphatic rings. The highest BCUT2D eigenvalue weighted by Crippen LogP contribution is 2.09. The average Bonchev–Trinajstić information content (AvgIpc) is 2.36. The van der Waals surface area contributed by atoms with Gasteiger partial charge in [-0.1, -0.05) is 0 Å². The van der Waals surface area contributed by atoms with Gasteiger partial charge in [0.25, 0.3) is 0 Å². The maximum Gasteiger partial charge on any atom is 0.234 e. The Morgan fingerprint density at radius 1 is 1.42 bits per heavy atom. The first-order chi connectivity index (χ1) is 8.99. The van der Waals surface area contributed by atoms with Crippen LogP contribution in [0, 0.1) is 0 Å². The zero-order valence-corrected chi connectivity index (χ0v) is 12.6. The smallest absolute Gasteiger partial charge is 0.234 e. The number of carbonyl (C=O) groups is 1. The molecule has 0 atom stereocenters. The van der Waals surface area contributed by atoms with Gasteiger partial charge in [-0.25, -0.2) is 0 Å². The summed E-state index contributed by atoms with van der Waals surface area (Å²) in [7, 11) is 1.96. The van der Waals surface area contributed by atoms with Crippen LogP contribution >= 0.6 is 0 Å². The molecular formula is C14H29N3O2. The quantitative estimate of drug-likeness (QED) is 0.654. The average molecular weight is 271 g/mol. The molecule has 1 aliphatic heterocycles. The molecule has 112 valence electrons. The molecule has 0 aromatic carbocycles. The molecule has 19 heavy (non-hydrogen) atoms. The number of aliphatic hydroxyl groups excluding tert-OH is 1. The van der Waals surface area contributed by atoms with Crippen molar-refractivity contribution in [3.8, 4) is 0 Å². The molecule has 0 aromatic heterocycles. The Kier molecular flexibility index (Phi) is 7.34. The lowest BCUT2D eigenvalue weighted by Gasteiger charge is -2.29. The van der Waals surface area contributed by atoms with Crippen LogP contribution in [-0.4, -0.2) is 72.7 Å². The molecule has 0 bridgehead atoms. The molecule has 5 heteroatoms. The molecule has 0 saturated carbocycles. The molecule has 1 amide bonds. The zero-order chi connectivity index (χ0) is 14.3. The lowest BCUT2D eigenvalue weighted by molar-refractivity contribution is -0.122. The van der Waals surface area contributed by atoms with Gasteiger partial charge in [-0.2, -0.15) is 0 Å². The van der Waals surface area contributed by atoms with Crippen molar-refractivity contribution in [1.29, 1.82) is 0 Å². The van der Waals surface area contributed by atoms with Crippen molar-refractivity contribution in [2.24, 2.45) is 0 Å². The van der Waals surface area contributed by atoms with Gasteiger partial charge in [0, 0.05) is 25.7 Å². The van der Waals surface area contributed by atoms with Gasteiger partial charge in [0.1, 0.15) is 0 Å². The highest BCUT2D eigenvalue weighted by molar-refractivity contribution is 5.77. The van der Waals surface area contributed by atoms with Crippen LogP contribution in [0.4, 0.5) is 0 Å². The maximum atomic E-state index is 11.7. The van der Waals surface area contributed by atoms with Crippen molar-refractivity contribution in [1.82, 2.24) is 15.1 Å². The van der Waals surface area contributed by atoms with Crippen LogP contribution in [0.25, 0.3) is 0 Å². The number of hydrogen-bond donors (Lipinski definition) is 2. The summed E-state index contributed by atoms with van der Waals surface area (Å²) in [5, 5.41) is 12.4. The topological polar surface area (TPSA) is 55.8 Å². The number of carbonyl (C=O) groups excluding carboxylic acids is 1. The van der Waals surface area contributed by atoms with Crippen LogP contribution in [0.15, 0.2) is 0 Å². The Morgan fingerprint density at radius 3 is 2.63 bits per heavy atom. The SMILES string of the molecule is CC(C)N(C)CC(=O)NCCCN1CCC(O)CC1. The Morgan fingerprint density at radius 2 is 2.05 bits per heavy atom. The van der Waals surface area contributed by atoms with E-state index in [1.807, 2.05) is 11.9 Å². The van der Waals surface area contributed by atoms with Gasteiger partial charge in [-0.3, -0.25) is 9.69 Å². The van der Waals surface area contributed by atoms with E-state index >= 15 is 0 Å². The largest absolute Gasteiger partial charge is 0.393 e.